The van der Waals surface area contributed by atoms with E-state index < -0.39 is 0 Å². The van der Waals surface area contributed by atoms with Gasteiger partial charge in [0.15, 0.2) is 5.78 Å². The molecule has 1 aliphatic rings. The van der Waals surface area contributed by atoms with E-state index in [-0.39, 0.29) is 36.7 Å². The van der Waals surface area contributed by atoms with Crippen molar-refractivity contribution in [3.8, 4) is 5.75 Å². The highest BCUT2D eigenvalue weighted by Gasteiger charge is 2.28. The van der Waals surface area contributed by atoms with Gasteiger partial charge >= 0.3 is 0 Å². The van der Waals surface area contributed by atoms with Crippen LogP contribution in [0.4, 0.5) is 5.00 Å². The number of nitrogens with one attached hydrogen (secondary N) is 2. The van der Waals surface area contributed by atoms with E-state index in [1.807, 2.05) is 26.0 Å². The number of hydrogen-bond donors (Lipinski definition) is 2. The first-order valence-electron chi connectivity index (χ1n) is 10.9. The number of anilines is 1. The average Bonchev–Trinajstić information content (AvgIpc) is 3.09. The molecule has 1 aromatic carbocycles. The Kier molecular flexibility index (Phi) is 8.04. The minimum atomic E-state index is -0.252. The van der Waals surface area contributed by atoms with Crippen LogP contribution in [0.1, 0.15) is 53.1 Å². The molecule has 0 radical (unpaired) electrons. The summed E-state index contributed by atoms with van der Waals surface area (Å²) < 4.78 is 5.40. The van der Waals surface area contributed by atoms with Crippen molar-refractivity contribution in [2.75, 3.05) is 32.6 Å². The molecule has 1 aromatic heterocycles. The lowest BCUT2D eigenvalue weighted by Gasteiger charge is -2.17. The number of rotatable bonds is 9. The van der Waals surface area contributed by atoms with E-state index in [0.29, 0.717) is 21.9 Å². The zero-order chi connectivity index (χ0) is 23.3. The van der Waals surface area contributed by atoms with Crippen LogP contribution in [-0.4, -0.2) is 55.8 Å². The van der Waals surface area contributed by atoms with Gasteiger partial charge in [0.1, 0.15) is 10.8 Å². The highest BCUT2D eigenvalue weighted by molar-refractivity contribution is 7.17. The minimum Gasteiger partial charge on any atom is -0.496 e. The number of thiophene rings is 1. The first-order valence-corrected chi connectivity index (χ1v) is 11.7. The summed E-state index contributed by atoms with van der Waals surface area (Å²) in [6.07, 6.45) is 3.85. The van der Waals surface area contributed by atoms with Crippen molar-refractivity contribution in [3.63, 3.8) is 0 Å². The molecule has 0 aliphatic heterocycles. The fourth-order valence-electron chi connectivity index (χ4n) is 3.94. The molecule has 0 bridgehead atoms. The number of carbonyl (C=O) groups is 3. The maximum Gasteiger partial charge on any atom is 0.239 e. The molecule has 2 aromatic rings. The number of hydrogen-bond acceptors (Lipinski definition) is 6. The summed E-state index contributed by atoms with van der Waals surface area (Å²) in [5.41, 5.74) is 2.10. The number of aryl methyl sites for hydroxylation is 1. The quantitative estimate of drug-likeness (QED) is 0.565. The van der Waals surface area contributed by atoms with Crippen molar-refractivity contribution in [3.05, 3.63) is 45.8 Å². The molecule has 0 atom stereocenters. The van der Waals surface area contributed by atoms with E-state index in [2.05, 4.69) is 10.6 Å². The Bertz CT molecular complexity index is 999. The van der Waals surface area contributed by atoms with Gasteiger partial charge in [-0.3, -0.25) is 19.3 Å². The van der Waals surface area contributed by atoms with Gasteiger partial charge < -0.3 is 15.4 Å². The van der Waals surface area contributed by atoms with Crippen molar-refractivity contribution < 1.29 is 19.1 Å². The number of nitrogens with zero attached hydrogens (tertiary/aromatic N) is 1. The molecule has 0 fully saturated rings. The zero-order valence-electron chi connectivity index (χ0n) is 19.1. The highest BCUT2D eigenvalue weighted by atomic mass is 32.1. The van der Waals surface area contributed by atoms with Crippen LogP contribution >= 0.6 is 11.3 Å². The van der Waals surface area contributed by atoms with Gasteiger partial charge in [-0.25, -0.2) is 0 Å². The zero-order valence-corrected chi connectivity index (χ0v) is 19.9. The van der Waals surface area contributed by atoms with Gasteiger partial charge in [-0.2, -0.15) is 0 Å². The fraction of sp³-hybridized carbons (Fsp3) is 0.458. The second-order valence-electron chi connectivity index (χ2n) is 8.39. The van der Waals surface area contributed by atoms with Crippen LogP contribution in [0.25, 0.3) is 0 Å². The third-order valence-corrected chi connectivity index (χ3v) is 6.49. The van der Waals surface area contributed by atoms with Crippen LogP contribution in [0, 0.1) is 0 Å². The van der Waals surface area contributed by atoms with E-state index >= 15 is 0 Å². The molecule has 1 heterocycles. The predicted molar refractivity (Wildman–Crippen MR) is 127 cm³/mol. The highest BCUT2D eigenvalue weighted by Crippen LogP contribution is 2.40. The van der Waals surface area contributed by atoms with Crippen LogP contribution in [0.5, 0.6) is 5.75 Å². The SMILES string of the molecule is COc1ccccc1C(=O)c1c(NC(=O)CN(C)CC(=O)NC(C)C)sc2c1CCCC2. The molecule has 8 heteroatoms. The molecule has 2 N–H and O–H groups in total. The number of methoxy groups -OCH3 is 1. The van der Waals surface area contributed by atoms with Crippen LogP contribution in [0.15, 0.2) is 24.3 Å². The molecular weight excluding hydrogens is 426 g/mol. The lowest BCUT2D eigenvalue weighted by molar-refractivity contribution is -0.123. The largest absolute Gasteiger partial charge is 0.496 e. The van der Waals surface area contributed by atoms with E-state index in [0.717, 1.165) is 36.1 Å². The number of para-hydroxylation sites is 1. The molecule has 1 aliphatic carbocycles. The van der Waals surface area contributed by atoms with Crippen LogP contribution in [0.2, 0.25) is 0 Å². The molecule has 32 heavy (non-hydrogen) atoms. The molecule has 0 saturated heterocycles. The molecule has 0 saturated carbocycles. The van der Waals surface area contributed by atoms with Crippen LogP contribution < -0.4 is 15.4 Å². The second-order valence-corrected chi connectivity index (χ2v) is 9.49. The maximum atomic E-state index is 13.5. The molecular formula is C24H31N3O4S. The molecule has 3 rings (SSSR count). The standard InChI is InChI=1S/C24H31N3O4S/c1-15(2)25-20(28)13-27(3)14-21(29)26-24-22(17-10-6-8-12-19(17)32-24)23(30)16-9-5-7-11-18(16)31-4/h5,7,9,11,15H,6,8,10,12-14H2,1-4H3,(H,25,28)(H,26,29). The summed E-state index contributed by atoms with van der Waals surface area (Å²) in [6.45, 7) is 3.96. The Labute approximate surface area is 193 Å². The molecule has 0 spiro atoms. The lowest BCUT2D eigenvalue weighted by atomic mass is 9.91. The Morgan fingerprint density at radius 3 is 2.50 bits per heavy atom. The summed E-state index contributed by atoms with van der Waals surface area (Å²) in [7, 11) is 3.27. The van der Waals surface area contributed by atoms with Crippen molar-refractivity contribution in [2.24, 2.45) is 0 Å². The Balaban J connectivity index is 1.81. The van der Waals surface area contributed by atoms with Crippen molar-refractivity contribution >= 4 is 33.9 Å². The second kappa shape index (κ2) is 10.7. The van der Waals surface area contributed by atoms with Gasteiger partial charge in [-0.15, -0.1) is 11.3 Å². The average molecular weight is 458 g/mol. The molecule has 172 valence electrons. The van der Waals surface area contributed by atoms with E-state index in [1.54, 1.807) is 31.2 Å². The lowest BCUT2D eigenvalue weighted by Crippen LogP contribution is -2.41. The summed E-state index contributed by atoms with van der Waals surface area (Å²) >= 11 is 1.48. The Morgan fingerprint density at radius 1 is 1.09 bits per heavy atom. The van der Waals surface area contributed by atoms with Gasteiger partial charge in [0.25, 0.3) is 0 Å². The van der Waals surface area contributed by atoms with Gasteiger partial charge in [0.2, 0.25) is 11.8 Å². The number of carbonyl (C=O) groups excluding carboxylic acids is 3. The number of fused-ring (bicyclic) bond motifs is 1. The first kappa shape index (κ1) is 23.9. The van der Waals surface area contributed by atoms with Gasteiger partial charge in [-0.05, 0) is 64.3 Å². The fourth-order valence-corrected chi connectivity index (χ4v) is 5.24. The Morgan fingerprint density at radius 2 is 1.78 bits per heavy atom. The summed E-state index contributed by atoms with van der Waals surface area (Å²) in [5, 5.41) is 6.34. The van der Waals surface area contributed by atoms with Crippen molar-refractivity contribution in [2.45, 2.75) is 45.6 Å². The number of ether oxygens (including phenoxy) is 1. The molecule has 7 nitrogen and oxygen atoms in total. The van der Waals surface area contributed by atoms with Gasteiger partial charge in [0, 0.05) is 10.9 Å². The van der Waals surface area contributed by atoms with Crippen molar-refractivity contribution in [1.82, 2.24) is 10.2 Å². The number of likely N-dealkylation sites (N-methyl/N-ethyl adjacent to an activating group) is 1. The minimum absolute atomic E-state index is 0.0470. The number of ketones is 1. The van der Waals surface area contributed by atoms with Crippen molar-refractivity contribution in [1.29, 1.82) is 0 Å². The van der Waals surface area contributed by atoms with E-state index in [1.165, 1.54) is 11.3 Å². The third-order valence-electron chi connectivity index (χ3n) is 5.28. The normalized spacial score (nSPS) is 13.1. The smallest absolute Gasteiger partial charge is 0.239 e. The topological polar surface area (TPSA) is 87.7 Å². The number of amides is 2. The van der Waals surface area contributed by atoms with E-state index in [9.17, 15) is 14.4 Å². The summed E-state index contributed by atoms with van der Waals surface area (Å²) in [4.78, 5) is 41.1. The number of benzene rings is 1. The predicted octanol–water partition coefficient (Wildman–Crippen LogP) is 3.26. The summed E-state index contributed by atoms with van der Waals surface area (Å²) in [6, 6.07) is 7.20. The van der Waals surface area contributed by atoms with Crippen LogP contribution in [-0.2, 0) is 22.4 Å². The van der Waals surface area contributed by atoms with E-state index in [4.69, 9.17) is 4.74 Å². The maximum absolute atomic E-state index is 13.5. The van der Waals surface area contributed by atoms with Crippen LogP contribution in [0.3, 0.4) is 0 Å². The monoisotopic (exact) mass is 457 g/mol. The third kappa shape index (κ3) is 5.75. The summed E-state index contributed by atoms with van der Waals surface area (Å²) in [5.74, 6) is -0.00491. The first-order chi connectivity index (χ1) is 15.3. The van der Waals surface area contributed by atoms with Gasteiger partial charge in [0.05, 0.1) is 31.3 Å². The molecule has 2 amide bonds. The molecule has 0 unspecified atom stereocenters. The Hall–Kier alpha value is -2.71. The van der Waals surface area contributed by atoms with Gasteiger partial charge in [-0.1, -0.05) is 12.1 Å².